The number of aromatic nitrogens is 2. The second kappa shape index (κ2) is 5.71. The highest BCUT2D eigenvalue weighted by molar-refractivity contribution is 7.71. The first kappa shape index (κ1) is 14.4. The Morgan fingerprint density at radius 3 is 3.00 bits per heavy atom. The molecule has 7 heteroatoms. The zero-order chi connectivity index (χ0) is 15.0. The van der Waals surface area contributed by atoms with Gasteiger partial charge in [-0.1, -0.05) is 23.7 Å². The Labute approximate surface area is 130 Å². The molecule has 0 radical (unpaired) electrons. The number of aromatic amines is 2. The third-order valence-electron chi connectivity index (χ3n) is 3.62. The van der Waals surface area contributed by atoms with Gasteiger partial charge in [-0.3, -0.25) is 14.7 Å². The molecule has 0 spiro atoms. The third kappa shape index (κ3) is 2.92. The second-order valence-electron chi connectivity index (χ2n) is 5.04. The minimum Gasteiger partial charge on any atom is -0.335 e. The monoisotopic (exact) mass is 325 g/mol. The van der Waals surface area contributed by atoms with Crippen molar-refractivity contribution in [1.82, 2.24) is 14.9 Å². The van der Waals surface area contributed by atoms with Crippen LogP contribution in [0.4, 0.5) is 4.39 Å². The molecule has 2 aromatic rings. The topological polar surface area (TPSA) is 51.9 Å². The lowest BCUT2D eigenvalue weighted by Crippen LogP contribution is -2.35. The van der Waals surface area contributed by atoms with Crippen molar-refractivity contribution in [2.45, 2.75) is 19.5 Å². The van der Waals surface area contributed by atoms with Crippen molar-refractivity contribution in [2.75, 3.05) is 6.54 Å². The number of hydrogen-bond acceptors (Lipinski definition) is 3. The Morgan fingerprint density at radius 2 is 2.19 bits per heavy atom. The van der Waals surface area contributed by atoms with Crippen molar-refractivity contribution < 1.29 is 4.39 Å². The van der Waals surface area contributed by atoms with Gasteiger partial charge in [-0.15, -0.1) is 0 Å². The molecule has 0 atom stereocenters. The number of nitrogens with one attached hydrogen (secondary N) is 2. The van der Waals surface area contributed by atoms with Crippen LogP contribution in [0.5, 0.6) is 0 Å². The Kier molecular flexibility index (Phi) is 3.93. The molecular formula is C14H13ClFN3OS. The predicted molar refractivity (Wildman–Crippen MR) is 81.5 cm³/mol. The van der Waals surface area contributed by atoms with E-state index in [1.807, 2.05) is 4.90 Å². The minimum atomic E-state index is -0.397. The van der Waals surface area contributed by atoms with Crippen LogP contribution in [-0.2, 0) is 19.5 Å². The van der Waals surface area contributed by atoms with Gasteiger partial charge in [-0.2, -0.15) is 0 Å². The van der Waals surface area contributed by atoms with E-state index < -0.39 is 5.82 Å². The minimum absolute atomic E-state index is 0.117. The summed E-state index contributed by atoms with van der Waals surface area (Å²) in [5.74, 6) is -0.397. The average molecular weight is 326 g/mol. The second-order valence-corrected chi connectivity index (χ2v) is 5.85. The van der Waals surface area contributed by atoms with E-state index in [4.69, 9.17) is 23.8 Å². The number of benzene rings is 1. The number of fused-ring (bicyclic) bond motifs is 1. The fourth-order valence-electron chi connectivity index (χ4n) is 2.56. The summed E-state index contributed by atoms with van der Waals surface area (Å²) >= 11 is 10.8. The van der Waals surface area contributed by atoms with Gasteiger partial charge in [0.2, 0.25) is 0 Å². The van der Waals surface area contributed by atoms with E-state index in [-0.39, 0.29) is 10.6 Å². The molecular weight excluding hydrogens is 313 g/mol. The van der Waals surface area contributed by atoms with Gasteiger partial charge in [-0.05, 0) is 18.3 Å². The molecule has 1 aromatic heterocycles. The molecule has 3 rings (SSSR count). The van der Waals surface area contributed by atoms with Gasteiger partial charge in [0.25, 0.3) is 5.56 Å². The number of nitrogens with zero attached hydrogens (tertiary/aromatic N) is 1. The normalized spacial score (nSPS) is 15.0. The Bertz CT molecular complexity index is 802. The fourth-order valence-corrected chi connectivity index (χ4v) is 2.97. The lowest BCUT2D eigenvalue weighted by atomic mass is 10.1. The van der Waals surface area contributed by atoms with Crippen LogP contribution in [0, 0.1) is 10.6 Å². The van der Waals surface area contributed by atoms with Crippen molar-refractivity contribution in [1.29, 1.82) is 0 Å². The molecule has 110 valence electrons. The van der Waals surface area contributed by atoms with Gasteiger partial charge in [0.1, 0.15) is 5.82 Å². The van der Waals surface area contributed by atoms with Crippen LogP contribution < -0.4 is 5.56 Å². The van der Waals surface area contributed by atoms with E-state index >= 15 is 0 Å². The first-order chi connectivity index (χ1) is 10.0. The lowest BCUT2D eigenvalue weighted by Gasteiger charge is -2.27. The van der Waals surface area contributed by atoms with Gasteiger partial charge in [0, 0.05) is 37.3 Å². The van der Waals surface area contributed by atoms with E-state index in [9.17, 15) is 9.18 Å². The van der Waals surface area contributed by atoms with Gasteiger partial charge in [0.05, 0.1) is 10.6 Å². The number of H-pyrrole nitrogens is 2. The van der Waals surface area contributed by atoms with Gasteiger partial charge < -0.3 is 4.98 Å². The maximum Gasteiger partial charge on any atom is 0.256 e. The molecule has 1 aliphatic rings. The average Bonchev–Trinajstić information content (AvgIpc) is 2.44. The summed E-state index contributed by atoms with van der Waals surface area (Å²) in [5, 5.41) is 0.117. The van der Waals surface area contributed by atoms with Crippen LogP contribution in [0.2, 0.25) is 5.02 Å². The van der Waals surface area contributed by atoms with Crippen LogP contribution in [0.25, 0.3) is 0 Å². The molecule has 0 bridgehead atoms. The van der Waals surface area contributed by atoms with E-state index in [0.29, 0.717) is 35.4 Å². The molecule has 0 fully saturated rings. The standard InChI is InChI=1S/C14H13ClFN3OS/c15-10-3-1-2-8(12(10)16)6-19-5-4-11-9(7-19)13(20)18-14(21)17-11/h1-3H,4-7H2,(H2,17,18,20,21). The summed E-state index contributed by atoms with van der Waals surface area (Å²) in [7, 11) is 0. The number of rotatable bonds is 2. The molecule has 1 aliphatic heterocycles. The molecule has 2 heterocycles. The molecule has 0 saturated heterocycles. The summed E-state index contributed by atoms with van der Waals surface area (Å²) < 4.78 is 14.3. The molecule has 0 saturated carbocycles. The summed E-state index contributed by atoms with van der Waals surface area (Å²) in [4.78, 5) is 19.6. The van der Waals surface area contributed by atoms with Crippen molar-refractivity contribution in [2.24, 2.45) is 0 Å². The van der Waals surface area contributed by atoms with E-state index in [2.05, 4.69) is 9.97 Å². The Balaban J connectivity index is 1.85. The summed E-state index contributed by atoms with van der Waals surface area (Å²) in [5.41, 5.74) is 1.89. The van der Waals surface area contributed by atoms with Crippen LogP contribution in [-0.4, -0.2) is 21.4 Å². The molecule has 1 aromatic carbocycles. The molecule has 2 N–H and O–H groups in total. The highest BCUT2D eigenvalue weighted by Crippen LogP contribution is 2.21. The van der Waals surface area contributed by atoms with Crippen molar-refractivity contribution >= 4 is 23.8 Å². The van der Waals surface area contributed by atoms with Gasteiger partial charge in [0.15, 0.2) is 4.77 Å². The van der Waals surface area contributed by atoms with E-state index in [0.717, 1.165) is 12.2 Å². The SMILES string of the molecule is O=c1[nH]c(=S)[nH]c2c1CN(Cc1cccc(Cl)c1F)CC2. The van der Waals surface area contributed by atoms with E-state index in [1.54, 1.807) is 12.1 Å². The van der Waals surface area contributed by atoms with Gasteiger partial charge in [-0.25, -0.2) is 4.39 Å². The smallest absolute Gasteiger partial charge is 0.256 e. The molecule has 0 unspecified atom stereocenters. The zero-order valence-corrected chi connectivity index (χ0v) is 12.7. The maximum atomic E-state index is 13.9. The summed E-state index contributed by atoms with van der Waals surface area (Å²) in [6.45, 7) is 1.61. The lowest BCUT2D eigenvalue weighted by molar-refractivity contribution is 0.238. The van der Waals surface area contributed by atoms with Crippen molar-refractivity contribution in [3.05, 3.63) is 61.0 Å². The number of hydrogen-bond donors (Lipinski definition) is 2. The largest absolute Gasteiger partial charge is 0.335 e. The molecule has 21 heavy (non-hydrogen) atoms. The first-order valence-corrected chi connectivity index (χ1v) is 7.33. The van der Waals surface area contributed by atoms with Crippen molar-refractivity contribution in [3.8, 4) is 0 Å². The molecule has 0 amide bonds. The predicted octanol–water partition coefficient (Wildman–Crippen LogP) is 2.78. The maximum absolute atomic E-state index is 13.9. The summed E-state index contributed by atoms with van der Waals surface area (Å²) in [6.07, 6.45) is 0.686. The quantitative estimate of drug-likeness (QED) is 0.835. The van der Waals surface area contributed by atoms with Gasteiger partial charge >= 0.3 is 0 Å². The zero-order valence-electron chi connectivity index (χ0n) is 11.1. The Hall–Kier alpha value is -1.50. The van der Waals surface area contributed by atoms with Crippen LogP contribution >= 0.6 is 23.8 Å². The fraction of sp³-hybridized carbons (Fsp3) is 0.286. The molecule has 0 aliphatic carbocycles. The first-order valence-electron chi connectivity index (χ1n) is 6.54. The Morgan fingerprint density at radius 1 is 1.38 bits per heavy atom. The molecule has 4 nitrogen and oxygen atoms in total. The van der Waals surface area contributed by atoms with Crippen LogP contribution in [0.15, 0.2) is 23.0 Å². The van der Waals surface area contributed by atoms with Crippen molar-refractivity contribution in [3.63, 3.8) is 0 Å². The number of halogens is 2. The third-order valence-corrected chi connectivity index (χ3v) is 4.11. The highest BCUT2D eigenvalue weighted by atomic mass is 35.5. The van der Waals surface area contributed by atoms with Crippen LogP contribution in [0.1, 0.15) is 16.8 Å². The van der Waals surface area contributed by atoms with Crippen LogP contribution in [0.3, 0.4) is 0 Å². The van der Waals surface area contributed by atoms with E-state index in [1.165, 1.54) is 6.07 Å². The summed E-state index contributed by atoms with van der Waals surface area (Å²) in [6, 6.07) is 4.96. The highest BCUT2D eigenvalue weighted by Gasteiger charge is 2.20.